The van der Waals surface area contributed by atoms with E-state index in [9.17, 15) is 0 Å². The molecule has 3 aromatic rings. The van der Waals surface area contributed by atoms with E-state index >= 15 is 0 Å². The maximum Gasteiger partial charge on any atom is 0.141 e. The average Bonchev–Trinajstić information content (AvgIpc) is 2.89. The number of methoxy groups -OCH3 is 1. The predicted octanol–water partition coefficient (Wildman–Crippen LogP) is 6.95. The summed E-state index contributed by atoms with van der Waals surface area (Å²) in [6.07, 6.45) is 2.61. The number of anilines is 1. The molecule has 2 atom stereocenters. The maximum absolute atomic E-state index is 5.75. The van der Waals surface area contributed by atoms with Gasteiger partial charge in [-0.05, 0) is 72.0 Å². The molecule has 3 heterocycles. The van der Waals surface area contributed by atoms with E-state index in [-0.39, 0.29) is 5.41 Å². The third kappa shape index (κ3) is 4.97. The smallest absolute Gasteiger partial charge is 0.141 e. The summed E-state index contributed by atoms with van der Waals surface area (Å²) in [4.78, 5) is 2.78. The van der Waals surface area contributed by atoms with Crippen molar-refractivity contribution < 1.29 is 4.74 Å². The molecule has 0 amide bonds. The molecular formula is C32H40N2O. The third-order valence-electron chi connectivity index (χ3n) is 8.29. The fourth-order valence-corrected chi connectivity index (χ4v) is 6.39. The fraction of sp³-hybridized carbons (Fsp3) is 0.438. The SMILES string of the molecule is COc1ccc(C(C)(C)C)cc1NC[C@H]1C2CCN(CC2)C1C(c1ccccc1)c1ccccc1. The van der Waals surface area contributed by atoms with Gasteiger partial charge >= 0.3 is 0 Å². The quantitative estimate of drug-likeness (QED) is 0.406. The van der Waals surface area contributed by atoms with E-state index in [0.717, 1.165) is 23.9 Å². The maximum atomic E-state index is 5.75. The van der Waals surface area contributed by atoms with Gasteiger partial charge in [-0.2, -0.15) is 0 Å². The van der Waals surface area contributed by atoms with Gasteiger partial charge in [-0.25, -0.2) is 0 Å². The Morgan fingerprint density at radius 2 is 1.49 bits per heavy atom. The lowest BCUT2D eigenvalue weighted by Crippen LogP contribution is -2.58. The van der Waals surface area contributed by atoms with Gasteiger partial charge in [0.05, 0.1) is 12.8 Å². The molecule has 3 heteroatoms. The zero-order chi connectivity index (χ0) is 24.4. The Labute approximate surface area is 211 Å². The van der Waals surface area contributed by atoms with Crippen LogP contribution < -0.4 is 10.1 Å². The van der Waals surface area contributed by atoms with Gasteiger partial charge in [0.1, 0.15) is 5.75 Å². The fourth-order valence-electron chi connectivity index (χ4n) is 6.39. The van der Waals surface area contributed by atoms with Crippen LogP contribution in [0.4, 0.5) is 5.69 Å². The second-order valence-corrected chi connectivity index (χ2v) is 11.4. The number of nitrogens with one attached hydrogen (secondary N) is 1. The standard InChI is InChI=1S/C32H40N2O/c1-32(2,3)26-15-16-29(35-4)28(21-26)33-22-27-23-17-19-34(20-18-23)31(27)30(24-11-7-5-8-12-24)25-13-9-6-10-14-25/h5-16,21,23,27,30-31,33H,17-20,22H2,1-4H3/t27-,31?/m0/s1. The van der Waals surface area contributed by atoms with Crippen molar-refractivity contribution in [2.75, 3.05) is 32.1 Å². The zero-order valence-corrected chi connectivity index (χ0v) is 21.7. The van der Waals surface area contributed by atoms with Gasteiger partial charge in [0.25, 0.3) is 0 Å². The Morgan fingerprint density at radius 1 is 0.886 bits per heavy atom. The molecule has 3 saturated heterocycles. The molecule has 1 N–H and O–H groups in total. The van der Waals surface area contributed by atoms with Gasteiger partial charge in [0, 0.05) is 18.5 Å². The van der Waals surface area contributed by atoms with Crippen LogP contribution in [0.2, 0.25) is 0 Å². The molecule has 2 bridgehead atoms. The van der Waals surface area contributed by atoms with Crippen LogP contribution >= 0.6 is 0 Å². The zero-order valence-electron chi connectivity index (χ0n) is 21.7. The van der Waals surface area contributed by atoms with E-state index in [1.807, 2.05) is 0 Å². The first-order chi connectivity index (χ1) is 17.0. The molecule has 0 saturated carbocycles. The Morgan fingerprint density at radius 3 is 2.03 bits per heavy atom. The lowest BCUT2D eigenvalue weighted by molar-refractivity contribution is -0.0117. The number of benzene rings is 3. The Hall–Kier alpha value is -2.78. The van der Waals surface area contributed by atoms with Crippen molar-refractivity contribution in [1.29, 1.82) is 0 Å². The second kappa shape index (κ2) is 10.1. The lowest BCUT2D eigenvalue weighted by atomic mass is 9.67. The predicted molar refractivity (Wildman–Crippen MR) is 146 cm³/mol. The molecule has 0 spiro atoms. The molecule has 6 rings (SSSR count). The van der Waals surface area contributed by atoms with Crippen LogP contribution in [0.1, 0.15) is 56.2 Å². The molecule has 3 nitrogen and oxygen atoms in total. The van der Waals surface area contributed by atoms with E-state index in [2.05, 4.69) is 110 Å². The summed E-state index contributed by atoms with van der Waals surface area (Å²) in [6, 6.07) is 29.4. The number of hydrogen-bond donors (Lipinski definition) is 1. The van der Waals surface area contributed by atoms with Crippen molar-refractivity contribution in [2.24, 2.45) is 11.8 Å². The topological polar surface area (TPSA) is 24.5 Å². The van der Waals surface area contributed by atoms with Crippen molar-refractivity contribution in [3.63, 3.8) is 0 Å². The molecule has 3 fully saturated rings. The Bertz CT molecular complexity index is 1060. The van der Waals surface area contributed by atoms with Crippen LogP contribution in [0.25, 0.3) is 0 Å². The summed E-state index contributed by atoms with van der Waals surface area (Å²) in [5.41, 5.74) is 5.40. The van der Waals surface area contributed by atoms with Gasteiger partial charge in [0.15, 0.2) is 0 Å². The number of piperidine rings is 3. The van der Waals surface area contributed by atoms with Crippen molar-refractivity contribution in [3.8, 4) is 5.75 Å². The second-order valence-electron chi connectivity index (χ2n) is 11.4. The molecule has 35 heavy (non-hydrogen) atoms. The third-order valence-corrected chi connectivity index (χ3v) is 8.29. The minimum atomic E-state index is 0.104. The summed E-state index contributed by atoms with van der Waals surface area (Å²) in [6.45, 7) is 10.2. The van der Waals surface area contributed by atoms with Crippen molar-refractivity contribution >= 4 is 5.69 Å². The van der Waals surface area contributed by atoms with E-state index in [1.54, 1.807) is 7.11 Å². The minimum absolute atomic E-state index is 0.104. The number of hydrogen-bond acceptors (Lipinski definition) is 3. The summed E-state index contributed by atoms with van der Waals surface area (Å²) < 4.78 is 5.75. The van der Waals surface area contributed by atoms with E-state index in [1.165, 1.54) is 42.6 Å². The number of fused-ring (bicyclic) bond motifs is 3. The van der Waals surface area contributed by atoms with Crippen LogP contribution in [-0.4, -0.2) is 37.7 Å². The summed E-state index contributed by atoms with van der Waals surface area (Å²) in [5, 5.41) is 3.87. The van der Waals surface area contributed by atoms with Crippen molar-refractivity contribution in [3.05, 3.63) is 95.6 Å². The Balaban J connectivity index is 1.48. The first-order valence-electron chi connectivity index (χ1n) is 13.2. The van der Waals surface area contributed by atoms with E-state index < -0.39 is 0 Å². The molecule has 3 aliphatic heterocycles. The monoisotopic (exact) mass is 468 g/mol. The molecular weight excluding hydrogens is 428 g/mol. The highest BCUT2D eigenvalue weighted by molar-refractivity contribution is 5.59. The molecule has 3 aromatic carbocycles. The van der Waals surface area contributed by atoms with Crippen LogP contribution in [-0.2, 0) is 5.41 Å². The van der Waals surface area contributed by atoms with Crippen LogP contribution in [0, 0.1) is 11.8 Å². The molecule has 184 valence electrons. The normalized spacial score (nSPS) is 23.9. The van der Waals surface area contributed by atoms with Crippen LogP contribution in [0.15, 0.2) is 78.9 Å². The first-order valence-corrected chi connectivity index (χ1v) is 13.2. The van der Waals surface area contributed by atoms with Gasteiger partial charge in [-0.3, -0.25) is 4.90 Å². The van der Waals surface area contributed by atoms with Gasteiger partial charge in [-0.15, -0.1) is 0 Å². The lowest BCUT2D eigenvalue weighted by Gasteiger charge is -2.54. The van der Waals surface area contributed by atoms with E-state index in [0.29, 0.717) is 17.9 Å². The highest BCUT2D eigenvalue weighted by Crippen LogP contribution is 2.45. The highest BCUT2D eigenvalue weighted by Gasteiger charge is 2.46. The molecule has 3 aliphatic rings. The summed E-state index contributed by atoms with van der Waals surface area (Å²) >= 11 is 0. The average molecular weight is 469 g/mol. The van der Waals surface area contributed by atoms with Gasteiger partial charge in [-0.1, -0.05) is 87.5 Å². The largest absolute Gasteiger partial charge is 0.495 e. The molecule has 0 radical (unpaired) electrons. The van der Waals surface area contributed by atoms with Gasteiger partial charge < -0.3 is 10.1 Å². The summed E-state index contributed by atoms with van der Waals surface area (Å²) in [5.74, 6) is 2.63. The number of rotatable bonds is 7. The molecule has 1 unspecified atom stereocenters. The minimum Gasteiger partial charge on any atom is -0.495 e. The van der Waals surface area contributed by atoms with Gasteiger partial charge in [0.2, 0.25) is 0 Å². The Kier molecular flexibility index (Phi) is 6.88. The van der Waals surface area contributed by atoms with Crippen LogP contribution in [0.3, 0.4) is 0 Å². The highest BCUT2D eigenvalue weighted by atomic mass is 16.5. The van der Waals surface area contributed by atoms with Crippen molar-refractivity contribution in [2.45, 2.75) is 51.0 Å². The van der Waals surface area contributed by atoms with Crippen LogP contribution in [0.5, 0.6) is 5.75 Å². The number of ether oxygens (including phenoxy) is 1. The summed E-state index contributed by atoms with van der Waals surface area (Å²) in [7, 11) is 1.77. The first kappa shape index (κ1) is 23.9. The molecule has 0 aliphatic carbocycles. The van der Waals surface area contributed by atoms with E-state index in [4.69, 9.17) is 4.74 Å². The van der Waals surface area contributed by atoms with Crippen molar-refractivity contribution in [1.82, 2.24) is 4.90 Å². The molecule has 0 aromatic heterocycles. The number of nitrogens with zero attached hydrogens (tertiary/aromatic N) is 1.